The van der Waals surface area contributed by atoms with Crippen LogP contribution >= 0.6 is 0 Å². The van der Waals surface area contributed by atoms with E-state index in [1.807, 2.05) is 0 Å². The van der Waals surface area contributed by atoms with Crippen molar-refractivity contribution in [2.75, 3.05) is 6.54 Å². The van der Waals surface area contributed by atoms with Crippen molar-refractivity contribution < 1.29 is 27.2 Å². The van der Waals surface area contributed by atoms with Gasteiger partial charge in [0.15, 0.2) is 0 Å². The number of hydrogen-bond acceptors (Lipinski definition) is 2. The van der Waals surface area contributed by atoms with Crippen molar-refractivity contribution >= 4 is 11.8 Å². The number of halogens is 4. The molecule has 1 aromatic carbocycles. The summed E-state index contributed by atoms with van der Waals surface area (Å²) in [5.74, 6) is -2.60. The smallest absolute Gasteiger partial charge is 0.251 e. The summed E-state index contributed by atoms with van der Waals surface area (Å²) in [4.78, 5) is 22.4. The first kappa shape index (κ1) is 18.2. The van der Waals surface area contributed by atoms with Crippen molar-refractivity contribution in [3.05, 3.63) is 35.4 Å². The van der Waals surface area contributed by atoms with Gasteiger partial charge >= 0.3 is 0 Å². The van der Waals surface area contributed by atoms with Gasteiger partial charge < -0.3 is 11.1 Å². The Morgan fingerprint density at radius 1 is 1.04 bits per heavy atom. The number of primary amides is 1. The molecular formula is C16H18F4N2O2. The lowest BCUT2D eigenvalue weighted by Crippen LogP contribution is -2.43. The van der Waals surface area contributed by atoms with Crippen molar-refractivity contribution in [2.45, 2.75) is 43.4 Å². The third-order valence-corrected chi connectivity index (χ3v) is 4.04. The molecule has 3 N–H and O–H groups in total. The largest absolute Gasteiger partial charge is 0.370 e. The van der Waals surface area contributed by atoms with Crippen LogP contribution in [0.1, 0.15) is 34.7 Å². The number of carbonyl (C=O) groups is 2. The summed E-state index contributed by atoms with van der Waals surface area (Å²) in [6.07, 6.45) is -9.21. The van der Waals surface area contributed by atoms with Crippen LogP contribution in [0.4, 0.5) is 17.6 Å². The Labute approximate surface area is 136 Å². The molecule has 1 saturated carbocycles. The molecule has 132 valence electrons. The normalized spacial score (nSPS) is 29.9. The SMILES string of the molecule is NC(=O)CCNC(=O)c1ccc(C2[C@@H](F)[C@@H](F)C[C@@H](F)[C@H]2F)cc1. The van der Waals surface area contributed by atoms with Gasteiger partial charge in [0.2, 0.25) is 5.91 Å². The Bertz CT molecular complexity index is 582. The maximum absolute atomic E-state index is 13.9. The molecule has 1 unspecified atom stereocenters. The molecule has 1 aliphatic rings. The third-order valence-electron chi connectivity index (χ3n) is 4.04. The van der Waals surface area contributed by atoms with Gasteiger partial charge in [-0.3, -0.25) is 9.59 Å². The van der Waals surface area contributed by atoms with Crippen LogP contribution in [0.25, 0.3) is 0 Å². The monoisotopic (exact) mass is 346 g/mol. The number of amides is 2. The molecule has 0 saturated heterocycles. The topological polar surface area (TPSA) is 72.2 Å². The Morgan fingerprint density at radius 3 is 2.08 bits per heavy atom. The predicted molar refractivity (Wildman–Crippen MR) is 79.5 cm³/mol. The number of nitrogens with two attached hydrogens (primary N) is 1. The van der Waals surface area contributed by atoms with E-state index in [1.54, 1.807) is 0 Å². The Morgan fingerprint density at radius 2 is 1.58 bits per heavy atom. The standard InChI is InChI=1S/C16H18F4N2O2/c17-10-7-11(18)15(20)13(14(10)19)8-1-3-9(4-2-8)16(24)22-6-5-12(21)23/h1-4,10-11,13-15H,5-7H2,(H2,21,23)(H,22,24)/t10-,11+,13?,14-,15+. The average molecular weight is 346 g/mol. The van der Waals surface area contributed by atoms with Gasteiger partial charge in [-0.2, -0.15) is 0 Å². The van der Waals surface area contributed by atoms with E-state index < -0.39 is 48.8 Å². The summed E-state index contributed by atoms with van der Waals surface area (Å²) >= 11 is 0. The van der Waals surface area contributed by atoms with Gasteiger partial charge in [0.25, 0.3) is 5.91 Å². The minimum absolute atomic E-state index is 0.0191. The van der Waals surface area contributed by atoms with Crippen LogP contribution in [0.3, 0.4) is 0 Å². The van der Waals surface area contributed by atoms with Crippen LogP contribution in [0.5, 0.6) is 0 Å². The minimum Gasteiger partial charge on any atom is -0.370 e. The van der Waals surface area contributed by atoms with Crippen LogP contribution in [-0.4, -0.2) is 43.0 Å². The fourth-order valence-electron chi connectivity index (χ4n) is 2.73. The average Bonchev–Trinajstić information content (AvgIpc) is 2.53. The summed E-state index contributed by atoms with van der Waals surface area (Å²) in [6.45, 7) is 0.0602. The molecule has 4 nitrogen and oxygen atoms in total. The lowest BCUT2D eigenvalue weighted by Gasteiger charge is -2.34. The molecule has 5 atom stereocenters. The maximum atomic E-state index is 13.9. The molecule has 1 aliphatic carbocycles. The molecule has 0 radical (unpaired) electrons. The van der Waals surface area contributed by atoms with Crippen molar-refractivity contribution in [3.63, 3.8) is 0 Å². The van der Waals surface area contributed by atoms with E-state index in [-0.39, 0.29) is 24.1 Å². The zero-order chi connectivity index (χ0) is 17.9. The lowest BCUT2D eigenvalue weighted by molar-refractivity contribution is -0.117. The first-order valence-corrected chi connectivity index (χ1v) is 7.54. The summed E-state index contributed by atoms with van der Waals surface area (Å²) in [5, 5.41) is 2.45. The van der Waals surface area contributed by atoms with Gasteiger partial charge in [-0.1, -0.05) is 12.1 Å². The minimum atomic E-state index is -2.14. The van der Waals surface area contributed by atoms with E-state index in [4.69, 9.17) is 5.73 Å². The number of alkyl halides is 4. The highest BCUT2D eigenvalue weighted by atomic mass is 19.2. The molecular weight excluding hydrogens is 328 g/mol. The van der Waals surface area contributed by atoms with Gasteiger partial charge in [-0.05, 0) is 17.7 Å². The zero-order valence-corrected chi connectivity index (χ0v) is 12.7. The molecule has 1 aromatic rings. The molecule has 24 heavy (non-hydrogen) atoms. The Hall–Kier alpha value is -2.12. The molecule has 0 bridgehead atoms. The highest BCUT2D eigenvalue weighted by Gasteiger charge is 2.47. The second kappa shape index (κ2) is 7.63. The second-order valence-corrected chi connectivity index (χ2v) is 5.78. The quantitative estimate of drug-likeness (QED) is 0.802. The molecule has 0 aromatic heterocycles. The summed E-state index contributed by atoms with van der Waals surface area (Å²) in [5.41, 5.74) is 5.23. The fourth-order valence-corrected chi connectivity index (χ4v) is 2.73. The number of hydrogen-bond donors (Lipinski definition) is 2. The second-order valence-electron chi connectivity index (χ2n) is 5.78. The Balaban J connectivity index is 2.08. The van der Waals surface area contributed by atoms with Gasteiger partial charge in [0.1, 0.15) is 24.7 Å². The van der Waals surface area contributed by atoms with Crippen molar-refractivity contribution in [2.24, 2.45) is 5.73 Å². The van der Waals surface area contributed by atoms with Crippen molar-refractivity contribution in [3.8, 4) is 0 Å². The van der Waals surface area contributed by atoms with Crippen LogP contribution in [0.2, 0.25) is 0 Å². The first-order valence-electron chi connectivity index (χ1n) is 7.54. The van der Waals surface area contributed by atoms with Gasteiger partial charge in [0.05, 0.1) is 5.92 Å². The Kier molecular flexibility index (Phi) is 5.80. The molecule has 0 heterocycles. The maximum Gasteiger partial charge on any atom is 0.251 e. The van der Waals surface area contributed by atoms with E-state index in [1.165, 1.54) is 24.3 Å². The third kappa shape index (κ3) is 4.04. The van der Waals surface area contributed by atoms with E-state index in [2.05, 4.69) is 5.32 Å². The van der Waals surface area contributed by atoms with Crippen LogP contribution in [-0.2, 0) is 4.79 Å². The molecule has 2 rings (SSSR count). The molecule has 2 amide bonds. The number of carbonyl (C=O) groups excluding carboxylic acids is 2. The zero-order valence-electron chi connectivity index (χ0n) is 12.7. The number of nitrogens with one attached hydrogen (secondary N) is 1. The van der Waals surface area contributed by atoms with E-state index >= 15 is 0 Å². The van der Waals surface area contributed by atoms with Crippen LogP contribution in [0.15, 0.2) is 24.3 Å². The highest BCUT2D eigenvalue weighted by molar-refractivity contribution is 5.94. The van der Waals surface area contributed by atoms with Crippen LogP contribution < -0.4 is 11.1 Å². The van der Waals surface area contributed by atoms with Crippen LogP contribution in [0, 0.1) is 0 Å². The summed E-state index contributed by atoms with van der Waals surface area (Å²) in [6, 6.07) is 5.17. The van der Waals surface area contributed by atoms with E-state index in [9.17, 15) is 27.2 Å². The van der Waals surface area contributed by atoms with E-state index in [0.717, 1.165) is 0 Å². The molecule has 0 spiro atoms. The molecule has 1 fully saturated rings. The highest BCUT2D eigenvalue weighted by Crippen LogP contribution is 2.40. The molecule has 8 heteroatoms. The number of rotatable bonds is 5. The predicted octanol–water partition coefficient (Wildman–Crippen LogP) is 2.13. The van der Waals surface area contributed by atoms with Gasteiger partial charge in [-0.25, -0.2) is 17.6 Å². The first-order chi connectivity index (χ1) is 11.3. The lowest BCUT2D eigenvalue weighted by atomic mass is 9.79. The molecule has 0 aliphatic heterocycles. The van der Waals surface area contributed by atoms with E-state index in [0.29, 0.717) is 0 Å². The van der Waals surface area contributed by atoms with Crippen molar-refractivity contribution in [1.82, 2.24) is 5.32 Å². The van der Waals surface area contributed by atoms with Crippen molar-refractivity contribution in [1.29, 1.82) is 0 Å². The summed E-state index contributed by atoms with van der Waals surface area (Å²) in [7, 11) is 0. The van der Waals surface area contributed by atoms with Gasteiger partial charge in [-0.15, -0.1) is 0 Å². The number of benzene rings is 1. The fraction of sp³-hybridized carbons (Fsp3) is 0.500. The summed E-state index contributed by atoms with van der Waals surface area (Å²) < 4.78 is 54.8. The van der Waals surface area contributed by atoms with Gasteiger partial charge in [0, 0.05) is 24.9 Å².